The van der Waals surface area contributed by atoms with Gasteiger partial charge in [-0.2, -0.15) is 0 Å². The van der Waals surface area contributed by atoms with Crippen molar-refractivity contribution in [1.82, 2.24) is 10.6 Å². The molecule has 17 heavy (non-hydrogen) atoms. The van der Waals surface area contributed by atoms with Gasteiger partial charge in [0.25, 0.3) is 0 Å². The smallest absolute Gasteiger partial charge is 0.0220 e. The highest BCUT2D eigenvalue weighted by Crippen LogP contribution is 2.35. The van der Waals surface area contributed by atoms with E-state index in [1.54, 1.807) is 0 Å². The Morgan fingerprint density at radius 1 is 0.765 bits per heavy atom. The van der Waals surface area contributed by atoms with E-state index < -0.39 is 0 Å². The maximum Gasteiger partial charge on any atom is 0.0220 e. The minimum absolute atomic E-state index is 0.697. The zero-order chi connectivity index (χ0) is 12.1. The average molecular weight is 238 g/mol. The molecule has 0 aromatic carbocycles. The molecule has 3 unspecified atom stereocenters. The molecule has 2 aliphatic rings. The first-order chi connectivity index (χ1) is 8.33. The van der Waals surface area contributed by atoms with Crippen molar-refractivity contribution in [2.24, 2.45) is 11.8 Å². The fraction of sp³-hybridized carbons (Fsp3) is 1.00. The van der Waals surface area contributed by atoms with Gasteiger partial charge in [-0.1, -0.05) is 32.1 Å². The Morgan fingerprint density at radius 2 is 1.47 bits per heavy atom. The van der Waals surface area contributed by atoms with Crippen molar-refractivity contribution in [1.29, 1.82) is 0 Å². The second kappa shape index (κ2) is 6.75. The normalized spacial score (nSPS) is 36.0. The summed E-state index contributed by atoms with van der Waals surface area (Å²) in [5, 5.41) is 6.98. The molecule has 2 saturated carbocycles. The van der Waals surface area contributed by atoms with Crippen LogP contribution in [0.4, 0.5) is 0 Å². The second-order valence-electron chi connectivity index (χ2n) is 6.21. The summed E-state index contributed by atoms with van der Waals surface area (Å²) < 4.78 is 0. The summed E-state index contributed by atoms with van der Waals surface area (Å²) in [6.07, 6.45) is 13.2. The van der Waals surface area contributed by atoms with Crippen molar-refractivity contribution in [3.05, 3.63) is 0 Å². The van der Waals surface area contributed by atoms with Crippen LogP contribution < -0.4 is 10.6 Å². The molecule has 0 bridgehead atoms. The molecule has 0 heterocycles. The number of likely N-dealkylation sites (N-methyl/N-ethyl adjacent to an activating group) is 2. The first-order valence-electron chi connectivity index (χ1n) is 7.68. The van der Waals surface area contributed by atoms with Gasteiger partial charge in [0.05, 0.1) is 0 Å². The minimum Gasteiger partial charge on any atom is -0.315 e. The standard InChI is InChI=1S/C15H30N2/c1-16-14-9-8-13(11-15(14)17-2)10-12-6-4-3-5-7-12/h12-17H,3-11H2,1-2H3. The molecule has 2 fully saturated rings. The van der Waals surface area contributed by atoms with E-state index in [0.717, 1.165) is 11.8 Å². The van der Waals surface area contributed by atoms with E-state index >= 15 is 0 Å². The van der Waals surface area contributed by atoms with Crippen LogP contribution in [0.5, 0.6) is 0 Å². The van der Waals surface area contributed by atoms with Crippen LogP contribution in [0.25, 0.3) is 0 Å². The largest absolute Gasteiger partial charge is 0.315 e. The summed E-state index contributed by atoms with van der Waals surface area (Å²) in [4.78, 5) is 0. The Hall–Kier alpha value is -0.0800. The molecule has 0 amide bonds. The highest BCUT2D eigenvalue weighted by molar-refractivity contribution is 4.89. The van der Waals surface area contributed by atoms with E-state index in [2.05, 4.69) is 24.7 Å². The van der Waals surface area contributed by atoms with E-state index in [-0.39, 0.29) is 0 Å². The van der Waals surface area contributed by atoms with E-state index in [4.69, 9.17) is 0 Å². The van der Waals surface area contributed by atoms with Crippen LogP contribution in [0, 0.1) is 11.8 Å². The SMILES string of the molecule is CNC1CCC(CC2CCCCC2)CC1NC. The van der Waals surface area contributed by atoms with E-state index in [9.17, 15) is 0 Å². The Labute approximate surface area is 107 Å². The molecule has 0 saturated heterocycles. The Balaban J connectivity index is 1.78. The van der Waals surface area contributed by atoms with Gasteiger partial charge in [0.1, 0.15) is 0 Å². The monoisotopic (exact) mass is 238 g/mol. The maximum atomic E-state index is 3.51. The highest BCUT2D eigenvalue weighted by Gasteiger charge is 2.30. The lowest BCUT2D eigenvalue weighted by molar-refractivity contribution is 0.193. The molecule has 3 atom stereocenters. The third kappa shape index (κ3) is 3.69. The summed E-state index contributed by atoms with van der Waals surface area (Å²) in [5.74, 6) is 2.04. The fourth-order valence-electron chi connectivity index (χ4n) is 4.03. The summed E-state index contributed by atoms with van der Waals surface area (Å²) in [5.41, 5.74) is 0. The van der Waals surface area contributed by atoms with Crippen LogP contribution in [0.15, 0.2) is 0 Å². The van der Waals surface area contributed by atoms with Crippen LogP contribution in [-0.2, 0) is 0 Å². The fourth-order valence-corrected chi connectivity index (χ4v) is 4.03. The molecule has 0 aromatic heterocycles. The Morgan fingerprint density at radius 3 is 2.12 bits per heavy atom. The van der Waals surface area contributed by atoms with Gasteiger partial charge in [0.15, 0.2) is 0 Å². The summed E-state index contributed by atoms with van der Waals surface area (Å²) in [6.45, 7) is 0. The molecule has 2 heteroatoms. The summed E-state index contributed by atoms with van der Waals surface area (Å²) in [6, 6.07) is 1.39. The topological polar surface area (TPSA) is 24.1 Å². The van der Waals surface area contributed by atoms with Gasteiger partial charge >= 0.3 is 0 Å². The zero-order valence-corrected chi connectivity index (χ0v) is 11.7. The summed E-state index contributed by atoms with van der Waals surface area (Å²) >= 11 is 0. The number of hydrogen-bond acceptors (Lipinski definition) is 2. The van der Waals surface area contributed by atoms with E-state index in [0.29, 0.717) is 12.1 Å². The molecule has 0 aliphatic heterocycles. The van der Waals surface area contributed by atoms with Crippen molar-refractivity contribution in [3.8, 4) is 0 Å². The van der Waals surface area contributed by atoms with Crippen LogP contribution in [-0.4, -0.2) is 26.2 Å². The van der Waals surface area contributed by atoms with Gasteiger partial charge in [0, 0.05) is 12.1 Å². The second-order valence-corrected chi connectivity index (χ2v) is 6.21. The maximum absolute atomic E-state index is 3.51. The van der Waals surface area contributed by atoms with Crippen molar-refractivity contribution < 1.29 is 0 Å². The lowest BCUT2D eigenvalue weighted by atomic mass is 9.75. The third-order valence-corrected chi connectivity index (χ3v) is 5.09. The molecular formula is C15H30N2. The van der Waals surface area contributed by atoms with Crippen molar-refractivity contribution in [2.45, 2.75) is 69.9 Å². The average Bonchev–Trinajstić information content (AvgIpc) is 2.40. The Kier molecular flexibility index (Phi) is 5.30. The molecular weight excluding hydrogens is 208 g/mol. The first-order valence-corrected chi connectivity index (χ1v) is 7.68. The van der Waals surface area contributed by atoms with Crippen molar-refractivity contribution >= 4 is 0 Å². The minimum atomic E-state index is 0.697. The van der Waals surface area contributed by atoms with E-state index in [1.807, 2.05) is 0 Å². The van der Waals surface area contributed by atoms with Gasteiger partial charge in [-0.3, -0.25) is 0 Å². The predicted octanol–water partition coefficient (Wildman–Crippen LogP) is 2.93. The number of hydrogen-bond donors (Lipinski definition) is 2. The molecule has 2 rings (SSSR count). The lowest BCUT2D eigenvalue weighted by Crippen LogP contribution is -2.49. The summed E-state index contributed by atoms with van der Waals surface area (Å²) in [7, 11) is 4.23. The lowest BCUT2D eigenvalue weighted by Gasteiger charge is -2.37. The number of nitrogens with one attached hydrogen (secondary N) is 2. The molecule has 2 aliphatic carbocycles. The molecule has 2 N–H and O–H groups in total. The highest BCUT2D eigenvalue weighted by atomic mass is 15.0. The van der Waals surface area contributed by atoms with Crippen LogP contribution in [0.3, 0.4) is 0 Å². The van der Waals surface area contributed by atoms with Gasteiger partial charge in [-0.15, -0.1) is 0 Å². The van der Waals surface area contributed by atoms with Crippen molar-refractivity contribution in [2.75, 3.05) is 14.1 Å². The zero-order valence-electron chi connectivity index (χ0n) is 11.7. The molecule has 0 spiro atoms. The van der Waals surface area contributed by atoms with Crippen LogP contribution >= 0.6 is 0 Å². The van der Waals surface area contributed by atoms with Gasteiger partial charge in [-0.05, 0) is 51.6 Å². The van der Waals surface area contributed by atoms with Gasteiger partial charge in [0.2, 0.25) is 0 Å². The molecule has 0 aromatic rings. The molecule has 0 radical (unpaired) electrons. The third-order valence-electron chi connectivity index (χ3n) is 5.09. The van der Waals surface area contributed by atoms with Gasteiger partial charge < -0.3 is 10.6 Å². The molecule has 100 valence electrons. The van der Waals surface area contributed by atoms with Crippen LogP contribution in [0.1, 0.15) is 57.8 Å². The number of rotatable bonds is 4. The van der Waals surface area contributed by atoms with E-state index in [1.165, 1.54) is 57.8 Å². The quantitative estimate of drug-likeness (QED) is 0.787. The van der Waals surface area contributed by atoms with Crippen molar-refractivity contribution in [3.63, 3.8) is 0 Å². The predicted molar refractivity (Wildman–Crippen MR) is 74.2 cm³/mol. The molecule has 2 nitrogen and oxygen atoms in total. The van der Waals surface area contributed by atoms with Gasteiger partial charge in [-0.25, -0.2) is 0 Å². The Bertz CT molecular complexity index is 209. The first kappa shape index (κ1) is 13.4. The van der Waals surface area contributed by atoms with Crippen LogP contribution in [0.2, 0.25) is 0 Å².